The minimum Gasteiger partial charge on any atom is -0.314 e. The van der Waals surface area contributed by atoms with Crippen molar-refractivity contribution in [2.24, 2.45) is 0 Å². The van der Waals surface area contributed by atoms with E-state index in [2.05, 4.69) is 5.32 Å². The van der Waals surface area contributed by atoms with Gasteiger partial charge in [-0.2, -0.15) is 13.2 Å². The molecule has 0 unspecified atom stereocenters. The molecule has 0 radical (unpaired) electrons. The molecule has 0 aromatic heterocycles. The summed E-state index contributed by atoms with van der Waals surface area (Å²) < 4.78 is 50.8. The van der Waals surface area contributed by atoms with Crippen molar-refractivity contribution >= 4 is 11.6 Å². The van der Waals surface area contributed by atoms with Crippen LogP contribution >= 0.6 is 11.6 Å². The number of rotatable bonds is 4. The van der Waals surface area contributed by atoms with Gasteiger partial charge in [-0.25, -0.2) is 4.39 Å². The maximum atomic E-state index is 13.1. The molecule has 1 fully saturated rings. The van der Waals surface area contributed by atoms with Crippen molar-refractivity contribution in [1.29, 1.82) is 0 Å². The van der Waals surface area contributed by atoms with E-state index in [0.717, 1.165) is 19.2 Å². The molecule has 1 N–H and O–H groups in total. The first-order valence-corrected chi connectivity index (χ1v) is 7.21. The molecule has 2 rings (SSSR count). The molecule has 0 spiro atoms. The molecule has 1 aromatic carbocycles. The first-order chi connectivity index (χ1) is 9.87. The SMILES string of the molecule is Fc1ccc([C@@H](CCC(F)(F)F)N2CCNCC2)c(Cl)c1. The third-order valence-corrected chi connectivity index (χ3v) is 3.94. The molecule has 2 nitrogen and oxygen atoms in total. The molecule has 1 heterocycles. The molecule has 1 saturated heterocycles. The Hall–Kier alpha value is -0.850. The van der Waals surface area contributed by atoms with Gasteiger partial charge in [0.1, 0.15) is 5.82 Å². The summed E-state index contributed by atoms with van der Waals surface area (Å²) in [7, 11) is 0. The molecule has 1 atom stereocenters. The average molecular weight is 325 g/mol. The molecule has 118 valence electrons. The third kappa shape index (κ3) is 4.83. The van der Waals surface area contributed by atoms with Gasteiger partial charge in [0, 0.05) is 43.7 Å². The van der Waals surface area contributed by atoms with E-state index >= 15 is 0 Å². The smallest absolute Gasteiger partial charge is 0.314 e. The van der Waals surface area contributed by atoms with Crippen LogP contribution in [-0.2, 0) is 0 Å². The first kappa shape index (κ1) is 16.5. The van der Waals surface area contributed by atoms with Gasteiger partial charge < -0.3 is 5.32 Å². The highest BCUT2D eigenvalue weighted by atomic mass is 35.5. The second kappa shape index (κ2) is 6.94. The second-order valence-electron chi connectivity index (χ2n) is 5.12. The van der Waals surface area contributed by atoms with E-state index in [4.69, 9.17) is 11.6 Å². The van der Waals surface area contributed by atoms with E-state index in [1.54, 1.807) is 0 Å². The lowest BCUT2D eigenvalue weighted by Gasteiger charge is -2.36. The lowest BCUT2D eigenvalue weighted by atomic mass is 9.99. The van der Waals surface area contributed by atoms with Gasteiger partial charge in [-0.3, -0.25) is 4.90 Å². The fourth-order valence-electron chi connectivity index (χ4n) is 2.60. The summed E-state index contributed by atoms with van der Waals surface area (Å²) in [5.41, 5.74) is 0.559. The van der Waals surface area contributed by atoms with Crippen LogP contribution in [0.3, 0.4) is 0 Å². The molecular weight excluding hydrogens is 308 g/mol. The zero-order valence-corrected chi connectivity index (χ0v) is 12.1. The number of nitrogens with one attached hydrogen (secondary N) is 1. The Morgan fingerprint density at radius 3 is 2.48 bits per heavy atom. The highest BCUT2D eigenvalue weighted by Gasteiger charge is 2.32. The van der Waals surface area contributed by atoms with Crippen LogP contribution in [0.25, 0.3) is 0 Å². The van der Waals surface area contributed by atoms with Crippen molar-refractivity contribution in [2.75, 3.05) is 26.2 Å². The molecule has 1 aliphatic heterocycles. The second-order valence-corrected chi connectivity index (χ2v) is 5.53. The quantitative estimate of drug-likeness (QED) is 0.848. The van der Waals surface area contributed by atoms with E-state index in [0.29, 0.717) is 18.7 Å². The Morgan fingerprint density at radius 2 is 1.90 bits per heavy atom. The fourth-order valence-corrected chi connectivity index (χ4v) is 2.89. The molecular formula is C14H17ClF4N2. The van der Waals surface area contributed by atoms with Crippen molar-refractivity contribution in [2.45, 2.75) is 25.1 Å². The summed E-state index contributed by atoms with van der Waals surface area (Å²) in [4.78, 5) is 1.97. The molecule has 0 saturated carbocycles. The Bertz CT molecular complexity index is 473. The van der Waals surface area contributed by atoms with Gasteiger partial charge in [0.2, 0.25) is 0 Å². The van der Waals surface area contributed by atoms with Gasteiger partial charge >= 0.3 is 6.18 Å². The predicted octanol–water partition coefficient (Wildman–Crippen LogP) is 3.77. The lowest BCUT2D eigenvalue weighted by molar-refractivity contribution is -0.138. The number of piperazine rings is 1. The van der Waals surface area contributed by atoms with Gasteiger partial charge in [0.25, 0.3) is 0 Å². The van der Waals surface area contributed by atoms with Crippen LogP contribution in [0.2, 0.25) is 5.02 Å². The molecule has 0 aliphatic carbocycles. The standard InChI is InChI=1S/C14H17ClF4N2/c15-12-9-10(16)1-2-11(12)13(3-4-14(17,18)19)21-7-5-20-6-8-21/h1-2,9,13,20H,3-8H2/t13-/m1/s1. The van der Waals surface area contributed by atoms with Crippen LogP contribution in [-0.4, -0.2) is 37.3 Å². The molecule has 1 aliphatic rings. The highest BCUT2D eigenvalue weighted by Crippen LogP contribution is 2.35. The van der Waals surface area contributed by atoms with Crippen LogP contribution < -0.4 is 5.32 Å². The average Bonchev–Trinajstić information content (AvgIpc) is 2.41. The van der Waals surface area contributed by atoms with Crippen molar-refractivity contribution < 1.29 is 17.6 Å². The van der Waals surface area contributed by atoms with Crippen molar-refractivity contribution in [3.05, 3.63) is 34.6 Å². The molecule has 0 bridgehead atoms. The van der Waals surface area contributed by atoms with Crippen LogP contribution in [0, 0.1) is 5.82 Å². The van der Waals surface area contributed by atoms with Crippen LogP contribution in [0.4, 0.5) is 17.6 Å². The monoisotopic (exact) mass is 324 g/mol. The van der Waals surface area contributed by atoms with E-state index in [1.165, 1.54) is 12.1 Å². The largest absolute Gasteiger partial charge is 0.389 e. The van der Waals surface area contributed by atoms with E-state index in [9.17, 15) is 17.6 Å². The topological polar surface area (TPSA) is 15.3 Å². The van der Waals surface area contributed by atoms with E-state index in [1.807, 2.05) is 4.90 Å². The van der Waals surface area contributed by atoms with Gasteiger partial charge in [0.15, 0.2) is 0 Å². The number of halogens is 5. The molecule has 21 heavy (non-hydrogen) atoms. The van der Waals surface area contributed by atoms with Gasteiger partial charge in [-0.1, -0.05) is 17.7 Å². The highest BCUT2D eigenvalue weighted by molar-refractivity contribution is 6.31. The van der Waals surface area contributed by atoms with Crippen molar-refractivity contribution in [3.63, 3.8) is 0 Å². The summed E-state index contributed by atoms with van der Waals surface area (Å²) >= 11 is 6.03. The molecule has 0 amide bonds. The number of alkyl halides is 3. The van der Waals surface area contributed by atoms with Crippen molar-refractivity contribution in [1.82, 2.24) is 10.2 Å². The lowest BCUT2D eigenvalue weighted by Crippen LogP contribution is -2.45. The molecule has 7 heteroatoms. The maximum Gasteiger partial charge on any atom is 0.389 e. The summed E-state index contributed by atoms with van der Waals surface area (Å²) in [6.45, 7) is 2.75. The Labute approximate surface area is 126 Å². The van der Waals surface area contributed by atoms with Crippen molar-refractivity contribution in [3.8, 4) is 0 Å². The number of nitrogens with zero attached hydrogens (tertiary/aromatic N) is 1. The van der Waals surface area contributed by atoms with Gasteiger partial charge in [-0.15, -0.1) is 0 Å². The van der Waals surface area contributed by atoms with Crippen LogP contribution in [0.1, 0.15) is 24.4 Å². The molecule has 1 aromatic rings. The van der Waals surface area contributed by atoms with Gasteiger partial charge in [-0.05, 0) is 24.1 Å². The zero-order chi connectivity index (χ0) is 15.5. The summed E-state index contributed by atoms with van der Waals surface area (Å²) in [6.07, 6.45) is -5.16. The van der Waals surface area contributed by atoms with E-state index in [-0.39, 0.29) is 11.4 Å². The Balaban J connectivity index is 2.21. The van der Waals surface area contributed by atoms with Gasteiger partial charge in [0.05, 0.1) is 0 Å². The minimum atomic E-state index is -4.21. The summed E-state index contributed by atoms with van der Waals surface area (Å²) in [6, 6.07) is 3.44. The van der Waals surface area contributed by atoms with Crippen LogP contribution in [0.15, 0.2) is 18.2 Å². The third-order valence-electron chi connectivity index (χ3n) is 3.62. The minimum absolute atomic E-state index is 0.0746. The predicted molar refractivity (Wildman–Crippen MR) is 73.9 cm³/mol. The Kier molecular flexibility index (Phi) is 5.46. The fraction of sp³-hybridized carbons (Fsp3) is 0.571. The zero-order valence-electron chi connectivity index (χ0n) is 11.4. The number of benzene rings is 1. The number of hydrogen-bond donors (Lipinski definition) is 1. The summed E-state index contributed by atoms with van der Waals surface area (Å²) in [5, 5.41) is 3.34. The Morgan fingerprint density at radius 1 is 1.24 bits per heavy atom. The normalized spacial score (nSPS) is 18.7. The number of hydrogen-bond acceptors (Lipinski definition) is 2. The maximum absolute atomic E-state index is 13.1. The van der Waals surface area contributed by atoms with Crippen LogP contribution in [0.5, 0.6) is 0 Å². The summed E-state index contributed by atoms with van der Waals surface area (Å²) in [5.74, 6) is -0.487. The van der Waals surface area contributed by atoms with E-state index < -0.39 is 24.5 Å². The first-order valence-electron chi connectivity index (χ1n) is 6.83.